The van der Waals surface area contributed by atoms with Crippen LogP contribution in [0.25, 0.3) is 10.9 Å². The van der Waals surface area contributed by atoms with E-state index in [-0.39, 0.29) is 17.6 Å². The predicted octanol–water partition coefficient (Wildman–Crippen LogP) is 0.544. The maximum Gasteiger partial charge on any atom is 0.257 e. The Hall–Kier alpha value is -1.73. The molecule has 0 unspecified atom stereocenters. The van der Waals surface area contributed by atoms with E-state index in [0.29, 0.717) is 16.7 Å². The van der Waals surface area contributed by atoms with Gasteiger partial charge >= 0.3 is 0 Å². The molecule has 0 spiro atoms. The van der Waals surface area contributed by atoms with E-state index in [1.807, 2.05) is 0 Å². The van der Waals surface area contributed by atoms with Crippen LogP contribution in [0.5, 0.6) is 11.5 Å². The first-order chi connectivity index (χ1) is 7.57. The molecule has 0 fully saturated rings. The van der Waals surface area contributed by atoms with Crippen LogP contribution in [0.3, 0.4) is 0 Å². The lowest BCUT2D eigenvalue weighted by Crippen LogP contribution is -2.16. The third-order valence-electron chi connectivity index (χ3n) is 2.41. The minimum Gasteiger partial charge on any atom is -0.457 e. The lowest BCUT2D eigenvalue weighted by atomic mass is 10.2. The van der Waals surface area contributed by atoms with Gasteiger partial charge in [-0.2, -0.15) is 0 Å². The molecule has 1 aromatic heterocycles. The first-order valence-electron chi connectivity index (χ1n) is 4.50. The first kappa shape index (κ1) is 9.49. The van der Waals surface area contributed by atoms with Crippen molar-refractivity contribution >= 4 is 20.9 Å². The molecule has 0 bridgehead atoms. The van der Waals surface area contributed by atoms with Gasteiger partial charge in [0.25, 0.3) is 10.0 Å². The number of nitrogens with one attached hydrogen (secondary N) is 1. The Labute approximate surface area is 91.0 Å². The number of nitrogens with two attached hydrogens (primary N) is 1. The molecule has 1 aromatic carbocycles. The van der Waals surface area contributed by atoms with Crippen LogP contribution in [0.4, 0.5) is 0 Å². The average Bonchev–Trinajstić information content (AvgIpc) is 2.60. The molecular weight excluding hydrogens is 232 g/mol. The summed E-state index contributed by atoms with van der Waals surface area (Å²) >= 11 is 0. The minimum atomic E-state index is -3.83. The van der Waals surface area contributed by atoms with Crippen molar-refractivity contribution in [2.24, 2.45) is 5.14 Å². The van der Waals surface area contributed by atoms with Crippen LogP contribution >= 0.6 is 0 Å². The number of aromatic nitrogens is 1. The van der Waals surface area contributed by atoms with Gasteiger partial charge in [0, 0.05) is 0 Å². The van der Waals surface area contributed by atoms with E-state index < -0.39 is 10.0 Å². The Morgan fingerprint density at radius 3 is 2.88 bits per heavy atom. The highest BCUT2D eigenvalue weighted by Gasteiger charge is 2.26. The Balaban J connectivity index is 2.47. The van der Waals surface area contributed by atoms with Crippen molar-refractivity contribution < 1.29 is 17.9 Å². The van der Waals surface area contributed by atoms with Crippen molar-refractivity contribution in [2.75, 3.05) is 6.79 Å². The highest BCUT2D eigenvalue weighted by atomic mass is 32.2. The molecule has 84 valence electrons. The average molecular weight is 240 g/mol. The van der Waals surface area contributed by atoms with Crippen LogP contribution in [-0.4, -0.2) is 20.2 Å². The normalized spacial score (nSPS) is 14.6. The van der Waals surface area contributed by atoms with Crippen molar-refractivity contribution in [1.29, 1.82) is 0 Å². The van der Waals surface area contributed by atoms with E-state index in [9.17, 15) is 8.42 Å². The summed E-state index contributed by atoms with van der Waals surface area (Å²) in [5.41, 5.74) is 0.622. The molecular formula is C9H8N2O4S. The lowest BCUT2D eigenvalue weighted by molar-refractivity contribution is 0.109. The minimum absolute atomic E-state index is 0.0213. The fraction of sp³-hybridized carbons (Fsp3) is 0.111. The molecule has 2 heterocycles. The number of aromatic amines is 1. The van der Waals surface area contributed by atoms with Gasteiger partial charge in [0.05, 0.1) is 10.9 Å². The maximum absolute atomic E-state index is 11.3. The highest BCUT2D eigenvalue weighted by Crippen LogP contribution is 2.40. The Morgan fingerprint density at radius 2 is 2.12 bits per heavy atom. The van der Waals surface area contributed by atoms with Crippen LogP contribution < -0.4 is 14.6 Å². The number of hydrogen-bond donors (Lipinski definition) is 2. The van der Waals surface area contributed by atoms with E-state index in [2.05, 4.69) is 4.98 Å². The summed E-state index contributed by atoms with van der Waals surface area (Å²) in [6.45, 7) is -0.0213. The Bertz CT molecular complexity index is 674. The van der Waals surface area contributed by atoms with Gasteiger partial charge in [-0.25, -0.2) is 13.6 Å². The zero-order valence-corrected chi connectivity index (χ0v) is 8.87. The predicted molar refractivity (Wildman–Crippen MR) is 55.8 cm³/mol. The molecule has 0 saturated heterocycles. The number of primary sulfonamides is 1. The summed E-state index contributed by atoms with van der Waals surface area (Å²) in [7, 11) is -3.83. The molecule has 0 atom stereocenters. The summed E-state index contributed by atoms with van der Waals surface area (Å²) in [5, 5.41) is 5.59. The first-order valence-corrected chi connectivity index (χ1v) is 6.05. The molecule has 0 aliphatic carbocycles. The number of hydrogen-bond acceptors (Lipinski definition) is 4. The summed E-state index contributed by atoms with van der Waals surface area (Å²) in [6.07, 6.45) is 0. The van der Waals surface area contributed by atoms with Gasteiger partial charge < -0.3 is 14.5 Å². The summed E-state index contributed by atoms with van der Waals surface area (Å²) < 4.78 is 33.1. The van der Waals surface area contributed by atoms with Crippen molar-refractivity contribution in [2.45, 2.75) is 5.03 Å². The van der Waals surface area contributed by atoms with Crippen LogP contribution in [0.2, 0.25) is 0 Å². The van der Waals surface area contributed by atoms with Gasteiger partial charge in [0.2, 0.25) is 6.79 Å². The van der Waals surface area contributed by atoms with Gasteiger partial charge in [0.15, 0.2) is 10.8 Å². The zero-order chi connectivity index (χ0) is 11.3. The Kier molecular flexibility index (Phi) is 1.72. The Morgan fingerprint density at radius 1 is 1.31 bits per heavy atom. The van der Waals surface area contributed by atoms with Gasteiger partial charge in [-0.15, -0.1) is 0 Å². The molecule has 0 amide bonds. The summed E-state index contributed by atoms with van der Waals surface area (Å²) in [6, 6.07) is 5.24. The fourth-order valence-corrected chi connectivity index (χ4v) is 2.44. The number of sulfonamides is 1. The van der Waals surface area contributed by atoms with E-state index in [0.717, 1.165) is 0 Å². The van der Waals surface area contributed by atoms with Crippen molar-refractivity contribution in [1.82, 2.24) is 4.98 Å². The van der Waals surface area contributed by atoms with Gasteiger partial charge in [0.1, 0.15) is 5.75 Å². The second kappa shape index (κ2) is 2.89. The smallest absolute Gasteiger partial charge is 0.257 e. The number of benzene rings is 1. The molecule has 3 rings (SSSR count). The van der Waals surface area contributed by atoms with E-state index in [1.54, 1.807) is 18.2 Å². The number of rotatable bonds is 1. The molecule has 7 heteroatoms. The summed E-state index contributed by atoms with van der Waals surface area (Å²) in [4.78, 5) is 2.72. The van der Waals surface area contributed by atoms with Crippen LogP contribution in [-0.2, 0) is 10.0 Å². The molecule has 1 aliphatic rings. The second-order valence-corrected chi connectivity index (χ2v) is 4.91. The molecule has 3 N–H and O–H groups in total. The SMILES string of the molecule is NS(=O)(=O)c1[nH]c2cccc3c2c1OCO3. The molecule has 0 radical (unpaired) electrons. The third-order valence-corrected chi connectivity index (χ3v) is 3.27. The second-order valence-electron chi connectivity index (χ2n) is 3.41. The molecule has 6 nitrogen and oxygen atoms in total. The molecule has 16 heavy (non-hydrogen) atoms. The van der Waals surface area contributed by atoms with Crippen molar-refractivity contribution in [3.05, 3.63) is 18.2 Å². The van der Waals surface area contributed by atoms with Gasteiger partial charge in [-0.1, -0.05) is 6.07 Å². The zero-order valence-electron chi connectivity index (χ0n) is 8.06. The number of ether oxygens (including phenoxy) is 2. The largest absolute Gasteiger partial charge is 0.457 e. The number of H-pyrrole nitrogens is 1. The quantitative estimate of drug-likeness (QED) is 0.760. The van der Waals surface area contributed by atoms with E-state index in [4.69, 9.17) is 14.6 Å². The summed E-state index contributed by atoms with van der Waals surface area (Å²) in [5.74, 6) is 0.823. The van der Waals surface area contributed by atoms with E-state index >= 15 is 0 Å². The van der Waals surface area contributed by atoms with Crippen molar-refractivity contribution in [3.8, 4) is 11.5 Å². The standard InChI is InChI=1S/C9H8N2O4S/c10-16(12,13)9-8-7-5(11-9)2-1-3-6(7)14-4-15-8/h1-3,11H,4H2,(H2,10,12,13). The van der Waals surface area contributed by atoms with E-state index in [1.165, 1.54) is 0 Å². The van der Waals surface area contributed by atoms with Crippen LogP contribution in [0, 0.1) is 0 Å². The third kappa shape index (κ3) is 1.18. The van der Waals surface area contributed by atoms with Gasteiger partial charge in [-0.3, -0.25) is 0 Å². The topological polar surface area (TPSA) is 94.4 Å². The van der Waals surface area contributed by atoms with Gasteiger partial charge in [-0.05, 0) is 12.1 Å². The fourth-order valence-electron chi connectivity index (χ4n) is 1.77. The monoisotopic (exact) mass is 240 g/mol. The lowest BCUT2D eigenvalue weighted by Gasteiger charge is -2.15. The maximum atomic E-state index is 11.3. The van der Waals surface area contributed by atoms with Crippen LogP contribution in [0.1, 0.15) is 0 Å². The molecule has 1 aliphatic heterocycles. The molecule has 2 aromatic rings. The van der Waals surface area contributed by atoms with Crippen molar-refractivity contribution in [3.63, 3.8) is 0 Å². The highest BCUT2D eigenvalue weighted by molar-refractivity contribution is 7.89. The van der Waals surface area contributed by atoms with Crippen LogP contribution in [0.15, 0.2) is 23.2 Å². The molecule has 0 saturated carbocycles.